The van der Waals surface area contributed by atoms with Crippen molar-refractivity contribution < 1.29 is 14.3 Å². The van der Waals surface area contributed by atoms with Crippen molar-refractivity contribution in [2.24, 2.45) is 11.7 Å². The zero-order valence-corrected chi connectivity index (χ0v) is 17.9. The van der Waals surface area contributed by atoms with Crippen molar-refractivity contribution in [3.63, 3.8) is 0 Å². The van der Waals surface area contributed by atoms with Crippen molar-refractivity contribution in [2.75, 3.05) is 13.7 Å². The molecule has 3 aromatic rings. The van der Waals surface area contributed by atoms with Crippen LogP contribution < -0.4 is 15.2 Å². The number of rotatable bonds is 8. The molecule has 0 unspecified atom stereocenters. The van der Waals surface area contributed by atoms with Crippen LogP contribution in [0.25, 0.3) is 22.4 Å². The highest BCUT2D eigenvalue weighted by atomic mass is 16.5. The molecule has 0 radical (unpaired) electrons. The van der Waals surface area contributed by atoms with Gasteiger partial charge in [-0.2, -0.15) is 0 Å². The lowest BCUT2D eigenvalue weighted by Crippen LogP contribution is -2.20. The number of carbonyl (C=O) groups is 1. The summed E-state index contributed by atoms with van der Waals surface area (Å²) < 4.78 is 13.3. The number of nitrogens with two attached hydrogens (primary N) is 1. The predicted octanol–water partition coefficient (Wildman–Crippen LogP) is 4.67. The molecular formula is C25H29N3O3. The van der Waals surface area contributed by atoms with E-state index in [4.69, 9.17) is 20.3 Å². The molecule has 162 valence electrons. The highest BCUT2D eigenvalue weighted by Gasteiger charge is 2.25. The first-order valence-electron chi connectivity index (χ1n) is 10.9. The molecule has 2 aromatic carbocycles. The number of amides is 1. The van der Waals surface area contributed by atoms with Gasteiger partial charge in [0.25, 0.3) is 5.91 Å². The Morgan fingerprint density at radius 1 is 1.06 bits per heavy atom. The Labute approximate surface area is 183 Å². The zero-order chi connectivity index (χ0) is 21.6. The summed E-state index contributed by atoms with van der Waals surface area (Å²) in [7, 11) is 1.65. The Kier molecular flexibility index (Phi) is 6.55. The Balaban J connectivity index is 1.86. The van der Waals surface area contributed by atoms with E-state index < -0.39 is 5.91 Å². The van der Waals surface area contributed by atoms with E-state index in [9.17, 15) is 4.79 Å². The van der Waals surface area contributed by atoms with Crippen molar-refractivity contribution in [3.8, 4) is 34.0 Å². The van der Waals surface area contributed by atoms with Crippen LogP contribution >= 0.6 is 0 Å². The minimum absolute atomic E-state index is 0.217. The van der Waals surface area contributed by atoms with Crippen molar-refractivity contribution >= 4 is 5.91 Å². The monoisotopic (exact) mass is 419 g/mol. The molecule has 0 bridgehead atoms. The smallest absolute Gasteiger partial charge is 0.255 e. The van der Waals surface area contributed by atoms with Gasteiger partial charge in [-0.05, 0) is 36.5 Å². The highest BCUT2D eigenvalue weighted by molar-refractivity contribution is 5.86. The number of methoxy groups -OCH3 is 1. The molecule has 2 N–H and O–H groups in total. The van der Waals surface area contributed by atoms with E-state index in [1.54, 1.807) is 7.11 Å². The molecule has 1 aliphatic carbocycles. The first-order chi connectivity index (χ1) is 15.2. The van der Waals surface area contributed by atoms with E-state index >= 15 is 0 Å². The van der Waals surface area contributed by atoms with Gasteiger partial charge < -0.3 is 15.2 Å². The van der Waals surface area contributed by atoms with Crippen LogP contribution in [0.1, 0.15) is 32.1 Å². The van der Waals surface area contributed by atoms with Crippen LogP contribution in [0, 0.1) is 5.92 Å². The van der Waals surface area contributed by atoms with Crippen molar-refractivity contribution in [1.82, 2.24) is 9.78 Å². The lowest BCUT2D eigenvalue weighted by molar-refractivity contribution is -0.120. The fraction of sp³-hybridized carbons (Fsp3) is 0.360. The number of carbonyl (C=O) groups excluding carboxylic acids is 1. The van der Waals surface area contributed by atoms with Crippen LogP contribution in [0.3, 0.4) is 0 Å². The van der Waals surface area contributed by atoms with E-state index in [0.717, 1.165) is 34.7 Å². The highest BCUT2D eigenvalue weighted by Crippen LogP contribution is 2.41. The maximum Gasteiger partial charge on any atom is 0.255 e. The van der Waals surface area contributed by atoms with E-state index in [0.29, 0.717) is 11.8 Å². The second-order valence-electron chi connectivity index (χ2n) is 8.07. The molecule has 1 saturated carbocycles. The minimum atomic E-state index is -0.528. The lowest BCUT2D eigenvalue weighted by atomic mass is 9.89. The quantitative estimate of drug-likeness (QED) is 0.575. The van der Waals surface area contributed by atoms with Crippen LogP contribution in [0.4, 0.5) is 0 Å². The van der Waals surface area contributed by atoms with Crippen molar-refractivity contribution in [1.29, 1.82) is 0 Å². The summed E-state index contributed by atoms with van der Waals surface area (Å²) in [5.41, 5.74) is 9.17. The van der Waals surface area contributed by atoms with Gasteiger partial charge in [0.1, 0.15) is 5.75 Å². The third kappa shape index (κ3) is 4.90. The molecule has 0 saturated heterocycles. The average Bonchev–Trinajstić information content (AvgIpc) is 3.17. The summed E-state index contributed by atoms with van der Waals surface area (Å²) >= 11 is 0. The maximum absolute atomic E-state index is 11.4. The number of aromatic nitrogens is 2. The summed E-state index contributed by atoms with van der Waals surface area (Å²) in [5.74, 6) is 1.22. The molecule has 31 heavy (non-hydrogen) atoms. The van der Waals surface area contributed by atoms with Crippen LogP contribution in [0.2, 0.25) is 0 Å². The average molecular weight is 420 g/mol. The normalized spacial score (nSPS) is 14.4. The number of primary amides is 1. The third-order valence-corrected chi connectivity index (χ3v) is 5.83. The van der Waals surface area contributed by atoms with E-state index in [-0.39, 0.29) is 6.61 Å². The summed E-state index contributed by atoms with van der Waals surface area (Å²) in [5, 5.41) is 4.83. The third-order valence-electron chi connectivity index (χ3n) is 5.83. The molecule has 1 heterocycles. The maximum atomic E-state index is 11.4. The van der Waals surface area contributed by atoms with Gasteiger partial charge in [0, 0.05) is 12.1 Å². The van der Waals surface area contributed by atoms with Gasteiger partial charge in [0.2, 0.25) is 5.88 Å². The van der Waals surface area contributed by atoms with Gasteiger partial charge >= 0.3 is 0 Å². The standard InChI is InChI=1S/C25H29N3O3/c1-30-21-14-8-13-20(15-21)23-24(19-11-6-3-7-12-19)28(16-18-9-4-2-5-10-18)27-25(23)31-17-22(26)29/h3,6-8,11-15,18H,2,4-5,9-10,16-17H2,1H3,(H2,26,29). The summed E-state index contributed by atoms with van der Waals surface area (Å²) in [6.07, 6.45) is 6.25. The SMILES string of the molecule is COc1cccc(-c2c(OCC(N)=O)nn(CC3CCCCC3)c2-c2ccccc2)c1. The fourth-order valence-corrected chi connectivity index (χ4v) is 4.36. The molecule has 1 amide bonds. The largest absolute Gasteiger partial charge is 0.497 e. The molecule has 4 rings (SSSR count). The molecule has 1 fully saturated rings. The zero-order valence-electron chi connectivity index (χ0n) is 17.9. The van der Waals surface area contributed by atoms with Crippen LogP contribution in [0.5, 0.6) is 11.6 Å². The van der Waals surface area contributed by atoms with Gasteiger partial charge in [-0.3, -0.25) is 9.48 Å². The van der Waals surface area contributed by atoms with Crippen LogP contribution in [-0.4, -0.2) is 29.4 Å². The van der Waals surface area contributed by atoms with Gasteiger partial charge in [-0.15, -0.1) is 5.10 Å². The molecular weight excluding hydrogens is 390 g/mol. The molecule has 0 atom stereocenters. The van der Waals surface area contributed by atoms with Gasteiger partial charge in [-0.1, -0.05) is 61.7 Å². The van der Waals surface area contributed by atoms with E-state index in [1.807, 2.05) is 42.5 Å². The van der Waals surface area contributed by atoms with E-state index in [1.165, 1.54) is 32.1 Å². The summed E-state index contributed by atoms with van der Waals surface area (Å²) in [6.45, 7) is 0.604. The van der Waals surface area contributed by atoms with Gasteiger partial charge in [-0.25, -0.2) is 0 Å². The molecule has 6 nitrogen and oxygen atoms in total. The number of nitrogens with zero attached hydrogens (tertiary/aromatic N) is 2. The Morgan fingerprint density at radius 2 is 1.81 bits per heavy atom. The molecule has 1 aromatic heterocycles. The molecule has 0 aliphatic heterocycles. The van der Waals surface area contributed by atoms with Crippen molar-refractivity contribution in [2.45, 2.75) is 38.6 Å². The summed E-state index contributed by atoms with van der Waals surface area (Å²) in [6, 6.07) is 18.0. The number of hydrogen-bond acceptors (Lipinski definition) is 4. The van der Waals surface area contributed by atoms with Crippen LogP contribution in [0.15, 0.2) is 54.6 Å². The summed E-state index contributed by atoms with van der Waals surface area (Å²) in [4.78, 5) is 11.4. The van der Waals surface area contributed by atoms with Crippen molar-refractivity contribution in [3.05, 3.63) is 54.6 Å². The number of hydrogen-bond donors (Lipinski definition) is 1. The Bertz CT molecular complexity index is 1020. The second-order valence-corrected chi connectivity index (χ2v) is 8.07. The topological polar surface area (TPSA) is 79.4 Å². The molecule has 6 heteroatoms. The Hall–Kier alpha value is -3.28. The van der Waals surface area contributed by atoms with Crippen LogP contribution in [-0.2, 0) is 11.3 Å². The lowest BCUT2D eigenvalue weighted by Gasteiger charge is -2.22. The van der Waals surface area contributed by atoms with E-state index in [2.05, 4.69) is 16.8 Å². The first kappa shape index (κ1) is 21.0. The minimum Gasteiger partial charge on any atom is -0.497 e. The second kappa shape index (κ2) is 9.69. The van der Waals surface area contributed by atoms with Gasteiger partial charge in [0.05, 0.1) is 18.4 Å². The fourth-order valence-electron chi connectivity index (χ4n) is 4.36. The molecule has 1 aliphatic rings. The van der Waals surface area contributed by atoms with Gasteiger partial charge in [0.15, 0.2) is 6.61 Å². The molecule has 0 spiro atoms. The first-order valence-corrected chi connectivity index (χ1v) is 10.9. The predicted molar refractivity (Wildman–Crippen MR) is 121 cm³/mol. The Morgan fingerprint density at radius 3 is 2.52 bits per heavy atom. The number of benzene rings is 2. The number of ether oxygens (including phenoxy) is 2.